The molecule has 1 atom stereocenters. The van der Waals surface area contributed by atoms with Crippen LogP contribution in [0.1, 0.15) is 85.5 Å². The molecule has 1 nitrogen and oxygen atoms in total. The fourth-order valence-electron chi connectivity index (χ4n) is 2.30. The first-order valence-electron chi connectivity index (χ1n) is 7.96. The summed E-state index contributed by atoms with van der Waals surface area (Å²) in [4.78, 5) is 10.4. The maximum absolute atomic E-state index is 10.4. The predicted molar refractivity (Wildman–Crippen MR) is 85.0 cm³/mol. The Morgan fingerprint density at radius 1 is 1.11 bits per heavy atom. The Bertz CT molecular complexity index is 295. The first-order chi connectivity index (χ1) is 9.10. The Morgan fingerprint density at radius 2 is 1.79 bits per heavy atom. The third-order valence-corrected chi connectivity index (χ3v) is 3.75. The number of allylic oxidation sites excluding steroid dienone is 3. The molecule has 0 aliphatic carbocycles. The molecular formula is C18H32O. The van der Waals surface area contributed by atoms with Gasteiger partial charge in [-0.25, -0.2) is 4.79 Å². The lowest BCUT2D eigenvalue weighted by Gasteiger charge is -2.10. The van der Waals surface area contributed by atoms with Gasteiger partial charge < -0.3 is 0 Å². The van der Waals surface area contributed by atoms with Gasteiger partial charge in [0.05, 0.1) is 0 Å². The second-order valence-corrected chi connectivity index (χ2v) is 5.96. The summed E-state index contributed by atoms with van der Waals surface area (Å²) in [5.41, 5.74) is 2.30. The van der Waals surface area contributed by atoms with Gasteiger partial charge in [0.2, 0.25) is 0 Å². The van der Waals surface area contributed by atoms with Gasteiger partial charge in [-0.3, -0.25) is 0 Å². The van der Waals surface area contributed by atoms with Crippen LogP contribution in [0.15, 0.2) is 17.2 Å². The molecule has 0 aromatic rings. The van der Waals surface area contributed by atoms with E-state index in [0.29, 0.717) is 0 Å². The van der Waals surface area contributed by atoms with Gasteiger partial charge >= 0.3 is 0 Å². The van der Waals surface area contributed by atoms with Gasteiger partial charge in [-0.05, 0) is 45.4 Å². The predicted octanol–water partition coefficient (Wildman–Crippen LogP) is 5.88. The van der Waals surface area contributed by atoms with Crippen LogP contribution in [0.2, 0.25) is 0 Å². The van der Waals surface area contributed by atoms with Crippen LogP contribution in [0.25, 0.3) is 0 Å². The highest BCUT2D eigenvalue weighted by Crippen LogP contribution is 2.18. The molecule has 0 heterocycles. The van der Waals surface area contributed by atoms with Gasteiger partial charge in [-0.1, -0.05) is 57.6 Å². The van der Waals surface area contributed by atoms with E-state index in [9.17, 15) is 4.79 Å². The Hall–Kier alpha value is -0.810. The average molecular weight is 264 g/mol. The molecule has 0 aliphatic rings. The van der Waals surface area contributed by atoms with Crippen molar-refractivity contribution in [2.45, 2.75) is 85.5 Å². The number of rotatable bonds is 11. The molecule has 0 spiro atoms. The maximum atomic E-state index is 10.4. The van der Waals surface area contributed by atoms with Gasteiger partial charge in [0.1, 0.15) is 5.94 Å². The van der Waals surface area contributed by atoms with E-state index in [0.717, 1.165) is 24.3 Å². The Balaban J connectivity index is 3.63. The minimum absolute atomic E-state index is 0.827. The van der Waals surface area contributed by atoms with Crippen molar-refractivity contribution in [2.75, 3.05) is 0 Å². The summed E-state index contributed by atoms with van der Waals surface area (Å²) in [7, 11) is 0. The van der Waals surface area contributed by atoms with Crippen molar-refractivity contribution >= 4 is 5.94 Å². The van der Waals surface area contributed by atoms with Crippen LogP contribution in [-0.4, -0.2) is 5.94 Å². The standard InChI is InChI=1S/C18H32O/c1-5-6-7-10-16(2)11-8-12-17(3)13-9-14-18(4)15-19/h13,16H,5-12,14H2,1-4H3/b17-13+. The van der Waals surface area contributed by atoms with Crippen molar-refractivity contribution in [2.24, 2.45) is 5.92 Å². The van der Waals surface area contributed by atoms with Crippen molar-refractivity contribution < 1.29 is 4.79 Å². The molecule has 0 saturated carbocycles. The summed E-state index contributed by atoms with van der Waals surface area (Å²) in [6, 6.07) is 0. The van der Waals surface area contributed by atoms with Crippen LogP contribution in [-0.2, 0) is 4.79 Å². The van der Waals surface area contributed by atoms with Crippen LogP contribution in [0.4, 0.5) is 0 Å². The molecule has 0 fully saturated rings. The molecule has 1 heteroatoms. The average Bonchev–Trinajstić information content (AvgIpc) is 2.38. The quantitative estimate of drug-likeness (QED) is 0.259. The van der Waals surface area contributed by atoms with E-state index >= 15 is 0 Å². The van der Waals surface area contributed by atoms with Crippen LogP contribution < -0.4 is 0 Å². The minimum atomic E-state index is 0.827. The largest absolute Gasteiger partial charge is 0.234 e. The van der Waals surface area contributed by atoms with E-state index in [1.54, 1.807) is 0 Å². The topological polar surface area (TPSA) is 17.1 Å². The Kier molecular flexibility index (Phi) is 11.7. The van der Waals surface area contributed by atoms with Crippen molar-refractivity contribution in [1.29, 1.82) is 0 Å². The number of carbonyl (C=O) groups excluding carboxylic acids is 1. The summed E-state index contributed by atoms with van der Waals surface area (Å²) in [5, 5.41) is 0. The van der Waals surface area contributed by atoms with E-state index < -0.39 is 0 Å². The lowest BCUT2D eigenvalue weighted by atomic mass is 9.96. The van der Waals surface area contributed by atoms with E-state index in [1.165, 1.54) is 50.5 Å². The molecule has 0 amide bonds. The smallest absolute Gasteiger partial charge is 0.123 e. The Morgan fingerprint density at radius 3 is 2.42 bits per heavy atom. The maximum Gasteiger partial charge on any atom is 0.123 e. The second kappa shape index (κ2) is 12.2. The molecule has 0 aromatic carbocycles. The van der Waals surface area contributed by atoms with Crippen LogP contribution in [0.5, 0.6) is 0 Å². The molecule has 1 unspecified atom stereocenters. The van der Waals surface area contributed by atoms with Gasteiger partial charge in [-0.15, -0.1) is 0 Å². The molecule has 0 aliphatic heterocycles. The number of unbranched alkanes of at least 4 members (excludes halogenated alkanes) is 2. The fourth-order valence-corrected chi connectivity index (χ4v) is 2.30. The SMILES string of the molecule is CCCCCC(C)CCC/C(C)=C/CCC(C)=C=O. The summed E-state index contributed by atoms with van der Waals surface area (Å²) in [5.74, 6) is 2.83. The first-order valence-corrected chi connectivity index (χ1v) is 7.96. The zero-order valence-electron chi connectivity index (χ0n) is 13.4. The molecule has 110 valence electrons. The fraction of sp³-hybridized carbons (Fsp3) is 0.778. The van der Waals surface area contributed by atoms with E-state index in [-0.39, 0.29) is 0 Å². The van der Waals surface area contributed by atoms with Gasteiger partial charge in [0.15, 0.2) is 0 Å². The zero-order chi connectivity index (χ0) is 14.5. The van der Waals surface area contributed by atoms with Gasteiger partial charge in [-0.2, -0.15) is 0 Å². The van der Waals surface area contributed by atoms with Gasteiger partial charge in [0.25, 0.3) is 0 Å². The lowest BCUT2D eigenvalue weighted by Crippen LogP contribution is -1.95. The normalized spacial score (nSPS) is 13.2. The molecule has 0 bridgehead atoms. The third kappa shape index (κ3) is 12.0. The van der Waals surface area contributed by atoms with Gasteiger partial charge in [0, 0.05) is 5.57 Å². The highest BCUT2D eigenvalue weighted by atomic mass is 16.1. The minimum Gasteiger partial charge on any atom is -0.234 e. The van der Waals surface area contributed by atoms with Crippen LogP contribution in [0, 0.1) is 5.92 Å². The molecule has 0 radical (unpaired) electrons. The summed E-state index contributed by atoms with van der Waals surface area (Å²) in [6.07, 6.45) is 13.5. The second-order valence-electron chi connectivity index (χ2n) is 5.96. The zero-order valence-corrected chi connectivity index (χ0v) is 13.4. The monoisotopic (exact) mass is 264 g/mol. The molecule has 0 N–H and O–H groups in total. The van der Waals surface area contributed by atoms with Crippen molar-refractivity contribution in [1.82, 2.24) is 0 Å². The van der Waals surface area contributed by atoms with Crippen molar-refractivity contribution in [3.05, 3.63) is 17.2 Å². The molecular weight excluding hydrogens is 232 g/mol. The van der Waals surface area contributed by atoms with Crippen LogP contribution >= 0.6 is 0 Å². The molecule has 0 rings (SSSR count). The first kappa shape index (κ1) is 18.2. The number of hydrogen-bond donors (Lipinski definition) is 0. The number of hydrogen-bond acceptors (Lipinski definition) is 1. The molecule has 0 aromatic heterocycles. The highest BCUT2D eigenvalue weighted by molar-refractivity contribution is 5.51. The van der Waals surface area contributed by atoms with E-state index in [2.05, 4.69) is 26.8 Å². The third-order valence-electron chi connectivity index (χ3n) is 3.75. The van der Waals surface area contributed by atoms with Crippen LogP contribution in [0.3, 0.4) is 0 Å². The Labute approximate surface area is 120 Å². The highest BCUT2D eigenvalue weighted by Gasteiger charge is 2.02. The van der Waals surface area contributed by atoms with E-state index in [4.69, 9.17) is 0 Å². The van der Waals surface area contributed by atoms with Crippen molar-refractivity contribution in [3.63, 3.8) is 0 Å². The summed E-state index contributed by atoms with van der Waals surface area (Å²) < 4.78 is 0. The summed E-state index contributed by atoms with van der Waals surface area (Å²) in [6.45, 7) is 8.71. The molecule has 19 heavy (non-hydrogen) atoms. The van der Waals surface area contributed by atoms with E-state index in [1.807, 2.05) is 12.9 Å². The lowest BCUT2D eigenvalue weighted by molar-refractivity contribution is 0.450. The van der Waals surface area contributed by atoms with Crippen molar-refractivity contribution in [3.8, 4) is 0 Å². The molecule has 0 saturated heterocycles. The summed E-state index contributed by atoms with van der Waals surface area (Å²) >= 11 is 0.